The zero-order chi connectivity index (χ0) is 13.0. The van der Waals surface area contributed by atoms with Crippen LogP contribution in [0.25, 0.3) is 0 Å². The van der Waals surface area contributed by atoms with E-state index in [0.29, 0.717) is 5.92 Å². The molecule has 2 rings (SSSR count). The summed E-state index contributed by atoms with van der Waals surface area (Å²) in [5.74, 6) is 2.39. The van der Waals surface area contributed by atoms with Crippen molar-refractivity contribution in [1.82, 2.24) is 5.32 Å². The molecule has 0 saturated carbocycles. The molecule has 0 aliphatic carbocycles. The Morgan fingerprint density at radius 2 is 2.22 bits per heavy atom. The van der Waals surface area contributed by atoms with Gasteiger partial charge in [-0.2, -0.15) is 0 Å². The molecule has 0 amide bonds. The van der Waals surface area contributed by atoms with E-state index in [0.717, 1.165) is 24.6 Å². The predicted molar refractivity (Wildman–Crippen MR) is 76.4 cm³/mol. The summed E-state index contributed by atoms with van der Waals surface area (Å²) in [7, 11) is 1.77. The van der Waals surface area contributed by atoms with Crippen LogP contribution < -0.4 is 10.1 Å². The van der Waals surface area contributed by atoms with E-state index in [1.165, 1.54) is 30.5 Å². The average molecular weight is 247 g/mol. The molecule has 0 spiro atoms. The Morgan fingerprint density at radius 1 is 1.39 bits per heavy atom. The van der Waals surface area contributed by atoms with Crippen molar-refractivity contribution in [2.75, 3.05) is 20.2 Å². The van der Waals surface area contributed by atoms with Gasteiger partial charge in [-0.1, -0.05) is 26.0 Å². The van der Waals surface area contributed by atoms with Gasteiger partial charge in [-0.25, -0.2) is 0 Å². The highest BCUT2D eigenvalue weighted by molar-refractivity contribution is 5.38. The van der Waals surface area contributed by atoms with Gasteiger partial charge in [0.25, 0.3) is 0 Å². The largest absolute Gasteiger partial charge is 0.496 e. The Morgan fingerprint density at radius 3 is 2.83 bits per heavy atom. The summed E-state index contributed by atoms with van der Waals surface area (Å²) in [5.41, 5.74) is 2.78. The molecule has 1 unspecified atom stereocenters. The zero-order valence-corrected chi connectivity index (χ0v) is 11.8. The van der Waals surface area contributed by atoms with Crippen LogP contribution >= 0.6 is 0 Å². The van der Waals surface area contributed by atoms with Gasteiger partial charge in [0.1, 0.15) is 5.75 Å². The first kappa shape index (κ1) is 13.4. The van der Waals surface area contributed by atoms with Crippen LogP contribution in [0.1, 0.15) is 43.7 Å². The van der Waals surface area contributed by atoms with Crippen LogP contribution in [0.15, 0.2) is 18.2 Å². The second-order valence-corrected chi connectivity index (χ2v) is 5.64. The number of piperidine rings is 1. The number of hydrogen-bond donors (Lipinski definition) is 1. The van der Waals surface area contributed by atoms with Crippen molar-refractivity contribution >= 4 is 0 Å². The van der Waals surface area contributed by atoms with Gasteiger partial charge < -0.3 is 10.1 Å². The van der Waals surface area contributed by atoms with E-state index in [-0.39, 0.29) is 0 Å². The summed E-state index contributed by atoms with van der Waals surface area (Å²) in [6.45, 7) is 6.82. The maximum atomic E-state index is 5.50. The van der Waals surface area contributed by atoms with Crippen molar-refractivity contribution in [2.45, 2.75) is 39.0 Å². The van der Waals surface area contributed by atoms with E-state index in [4.69, 9.17) is 4.74 Å². The van der Waals surface area contributed by atoms with Crippen LogP contribution in [-0.4, -0.2) is 20.2 Å². The lowest BCUT2D eigenvalue weighted by molar-refractivity contribution is 0.364. The molecule has 2 heteroatoms. The molecule has 1 aliphatic heterocycles. The number of methoxy groups -OCH3 is 1. The number of benzene rings is 1. The summed E-state index contributed by atoms with van der Waals surface area (Å²) in [6.07, 6.45) is 3.77. The second-order valence-electron chi connectivity index (χ2n) is 5.64. The fraction of sp³-hybridized carbons (Fsp3) is 0.625. The smallest absolute Gasteiger partial charge is 0.122 e. The SMILES string of the molecule is COc1ccc(C(C)C)cc1CC1CCCNC1. The highest BCUT2D eigenvalue weighted by atomic mass is 16.5. The standard InChI is InChI=1S/C16H25NO/c1-12(2)14-6-7-16(18-3)15(10-14)9-13-5-4-8-17-11-13/h6-7,10,12-13,17H,4-5,8-9,11H2,1-3H3. The van der Waals surface area contributed by atoms with Gasteiger partial charge >= 0.3 is 0 Å². The Bertz CT molecular complexity index is 381. The first-order valence-electron chi connectivity index (χ1n) is 7.08. The molecule has 0 aromatic heterocycles. The van der Waals surface area contributed by atoms with Gasteiger partial charge in [0.05, 0.1) is 7.11 Å². The fourth-order valence-electron chi connectivity index (χ4n) is 2.73. The third-order valence-electron chi connectivity index (χ3n) is 3.88. The quantitative estimate of drug-likeness (QED) is 0.881. The molecule has 0 radical (unpaired) electrons. The van der Waals surface area contributed by atoms with Crippen LogP contribution in [0.5, 0.6) is 5.75 Å². The van der Waals surface area contributed by atoms with E-state index >= 15 is 0 Å². The molecule has 1 saturated heterocycles. The van der Waals surface area contributed by atoms with Crippen molar-refractivity contribution in [3.63, 3.8) is 0 Å². The summed E-state index contributed by atoms with van der Waals surface area (Å²) in [6, 6.07) is 6.64. The van der Waals surface area contributed by atoms with Crippen molar-refractivity contribution in [3.8, 4) is 5.75 Å². The van der Waals surface area contributed by atoms with Crippen LogP contribution in [0.4, 0.5) is 0 Å². The summed E-state index contributed by atoms with van der Waals surface area (Å²) in [4.78, 5) is 0. The number of rotatable bonds is 4. The molecule has 18 heavy (non-hydrogen) atoms. The zero-order valence-electron chi connectivity index (χ0n) is 11.8. The number of ether oxygens (including phenoxy) is 1. The highest BCUT2D eigenvalue weighted by Gasteiger charge is 2.16. The first-order valence-corrected chi connectivity index (χ1v) is 7.08. The summed E-state index contributed by atoms with van der Waals surface area (Å²) in [5, 5.41) is 3.49. The Kier molecular flexibility index (Phi) is 4.65. The minimum Gasteiger partial charge on any atom is -0.496 e. The summed E-state index contributed by atoms with van der Waals surface area (Å²) < 4.78 is 5.50. The third kappa shape index (κ3) is 3.26. The molecule has 1 atom stereocenters. The van der Waals surface area contributed by atoms with Crippen LogP contribution in [0, 0.1) is 5.92 Å². The maximum absolute atomic E-state index is 5.50. The number of nitrogens with one attached hydrogen (secondary N) is 1. The monoisotopic (exact) mass is 247 g/mol. The molecule has 1 aromatic rings. The van der Waals surface area contributed by atoms with E-state index in [2.05, 4.69) is 37.4 Å². The van der Waals surface area contributed by atoms with E-state index < -0.39 is 0 Å². The van der Waals surface area contributed by atoms with Gasteiger partial charge in [-0.3, -0.25) is 0 Å². The molecule has 2 nitrogen and oxygen atoms in total. The average Bonchev–Trinajstić information content (AvgIpc) is 2.39. The van der Waals surface area contributed by atoms with Crippen LogP contribution in [0.3, 0.4) is 0 Å². The van der Waals surface area contributed by atoms with Gasteiger partial charge in [0, 0.05) is 0 Å². The Labute approximate surface area is 111 Å². The highest BCUT2D eigenvalue weighted by Crippen LogP contribution is 2.27. The first-order chi connectivity index (χ1) is 8.70. The minimum atomic E-state index is 0.583. The molecular formula is C16H25NO. The Hall–Kier alpha value is -1.02. The molecular weight excluding hydrogens is 222 g/mol. The molecule has 1 aromatic carbocycles. The van der Waals surface area contributed by atoms with Crippen molar-refractivity contribution in [3.05, 3.63) is 29.3 Å². The molecule has 1 N–H and O–H groups in total. The van der Waals surface area contributed by atoms with Crippen molar-refractivity contribution in [2.24, 2.45) is 5.92 Å². The normalized spacial score (nSPS) is 20.1. The van der Waals surface area contributed by atoms with Crippen molar-refractivity contribution < 1.29 is 4.74 Å². The van der Waals surface area contributed by atoms with E-state index in [9.17, 15) is 0 Å². The van der Waals surface area contributed by atoms with E-state index in [1.807, 2.05) is 0 Å². The predicted octanol–water partition coefficient (Wildman–Crippen LogP) is 3.36. The van der Waals surface area contributed by atoms with Gasteiger partial charge in [0.15, 0.2) is 0 Å². The second kappa shape index (κ2) is 6.24. The lowest BCUT2D eigenvalue weighted by atomic mass is 9.90. The van der Waals surface area contributed by atoms with E-state index in [1.54, 1.807) is 7.11 Å². The fourth-order valence-corrected chi connectivity index (χ4v) is 2.73. The van der Waals surface area contributed by atoms with Crippen LogP contribution in [0.2, 0.25) is 0 Å². The lowest BCUT2D eigenvalue weighted by Gasteiger charge is -2.24. The molecule has 1 aliphatic rings. The lowest BCUT2D eigenvalue weighted by Crippen LogP contribution is -2.30. The topological polar surface area (TPSA) is 21.3 Å². The molecule has 100 valence electrons. The Balaban J connectivity index is 2.15. The molecule has 0 bridgehead atoms. The number of hydrogen-bond acceptors (Lipinski definition) is 2. The molecule has 1 heterocycles. The molecule has 1 fully saturated rings. The summed E-state index contributed by atoms with van der Waals surface area (Å²) >= 11 is 0. The minimum absolute atomic E-state index is 0.583. The van der Waals surface area contributed by atoms with Gasteiger partial charge in [0.2, 0.25) is 0 Å². The maximum Gasteiger partial charge on any atom is 0.122 e. The third-order valence-corrected chi connectivity index (χ3v) is 3.88. The van der Waals surface area contributed by atoms with Crippen molar-refractivity contribution in [1.29, 1.82) is 0 Å². The van der Waals surface area contributed by atoms with Crippen LogP contribution in [-0.2, 0) is 6.42 Å². The van der Waals surface area contributed by atoms with Gasteiger partial charge in [-0.15, -0.1) is 0 Å². The van der Waals surface area contributed by atoms with Gasteiger partial charge in [-0.05, 0) is 61.4 Å².